The highest BCUT2D eigenvalue weighted by Gasteiger charge is 2.51. The van der Waals surface area contributed by atoms with Crippen LogP contribution in [-0.2, 0) is 19.1 Å². The number of β-lactam (4-membered cyclic amide) rings is 1. The Labute approximate surface area is 119 Å². The Morgan fingerprint density at radius 1 is 1.60 bits per heavy atom. The van der Waals surface area contributed by atoms with Gasteiger partial charge in [-0.15, -0.1) is 11.8 Å². The zero-order chi connectivity index (χ0) is 15.0. The van der Waals surface area contributed by atoms with Crippen LogP contribution in [0.5, 0.6) is 0 Å². The van der Waals surface area contributed by atoms with Gasteiger partial charge >= 0.3 is 11.9 Å². The molecule has 2 heterocycles. The minimum atomic E-state index is -1.23. The van der Waals surface area contributed by atoms with Gasteiger partial charge in [0.15, 0.2) is 0 Å². The second-order valence-electron chi connectivity index (χ2n) is 4.55. The molecule has 0 saturated carbocycles. The molecular weight excluding hydrogens is 284 g/mol. The molecule has 1 saturated heterocycles. The van der Waals surface area contributed by atoms with Crippen LogP contribution in [0.2, 0.25) is 0 Å². The summed E-state index contributed by atoms with van der Waals surface area (Å²) in [5, 5.41) is 8.90. The van der Waals surface area contributed by atoms with E-state index in [2.05, 4.69) is 6.58 Å². The van der Waals surface area contributed by atoms with Crippen LogP contribution in [0.15, 0.2) is 23.4 Å². The van der Waals surface area contributed by atoms with Crippen LogP contribution in [0.25, 0.3) is 0 Å². The van der Waals surface area contributed by atoms with Crippen molar-refractivity contribution in [1.82, 2.24) is 4.90 Å². The van der Waals surface area contributed by atoms with Gasteiger partial charge in [-0.25, -0.2) is 9.59 Å². The molecule has 1 amide bonds. The number of amides is 1. The van der Waals surface area contributed by atoms with Crippen LogP contribution in [0.1, 0.15) is 6.92 Å². The average molecular weight is 298 g/mol. The largest absolute Gasteiger partial charge is 0.477 e. The predicted octanol–water partition coefficient (Wildman–Crippen LogP) is -0.313. The monoisotopic (exact) mass is 298 g/mol. The molecule has 0 aromatic rings. The zero-order valence-electron chi connectivity index (χ0n) is 10.8. The number of hydrogen-bond acceptors (Lipinski definition) is 6. The molecule has 108 valence electrons. The quantitative estimate of drug-likeness (QED) is 0.416. The fourth-order valence-electron chi connectivity index (χ4n) is 1.97. The molecule has 0 radical (unpaired) electrons. The van der Waals surface area contributed by atoms with E-state index in [1.54, 1.807) is 0 Å². The number of nitrogens with two attached hydrogens (primary N) is 1. The topological polar surface area (TPSA) is 110 Å². The number of rotatable bonds is 4. The van der Waals surface area contributed by atoms with Crippen LogP contribution in [0.4, 0.5) is 0 Å². The van der Waals surface area contributed by atoms with E-state index < -0.39 is 23.9 Å². The minimum Gasteiger partial charge on any atom is -0.477 e. The second-order valence-corrected chi connectivity index (χ2v) is 5.65. The number of carboxylic acid groups (broad SMARTS) is 1. The zero-order valence-corrected chi connectivity index (χ0v) is 11.6. The molecule has 7 nitrogen and oxygen atoms in total. The number of nitrogens with zero attached hydrogens (tertiary/aromatic N) is 1. The highest BCUT2D eigenvalue weighted by molar-refractivity contribution is 8.00. The highest BCUT2D eigenvalue weighted by Crippen LogP contribution is 2.39. The summed E-state index contributed by atoms with van der Waals surface area (Å²) in [5.41, 5.74) is 6.10. The van der Waals surface area contributed by atoms with Gasteiger partial charge in [-0.3, -0.25) is 9.69 Å². The number of ether oxygens (including phenoxy) is 1. The maximum Gasteiger partial charge on any atom is 0.352 e. The van der Waals surface area contributed by atoms with Crippen LogP contribution in [0.3, 0.4) is 0 Å². The standard InChI is InChI=1S/C12H14N2O5S/c1-5(2)12(18)19-3-6-4-20-10-7(13)9(15)14(10)8(6)11(16)17/h7,10H,1,3-4,13H2,2H3,(H,16,17)/t7-,10-/m1/s1. The third kappa shape index (κ3) is 2.32. The van der Waals surface area contributed by atoms with Crippen molar-refractivity contribution in [3.05, 3.63) is 23.4 Å². The van der Waals surface area contributed by atoms with Crippen molar-refractivity contribution in [1.29, 1.82) is 0 Å². The molecule has 0 spiro atoms. The van der Waals surface area contributed by atoms with Crippen LogP contribution < -0.4 is 5.73 Å². The van der Waals surface area contributed by atoms with Crippen molar-refractivity contribution in [2.75, 3.05) is 12.4 Å². The van der Waals surface area contributed by atoms with E-state index >= 15 is 0 Å². The number of thioether (sulfide) groups is 1. The van der Waals surface area contributed by atoms with Gasteiger partial charge in [0.1, 0.15) is 23.7 Å². The van der Waals surface area contributed by atoms with Crippen molar-refractivity contribution in [2.45, 2.75) is 18.3 Å². The average Bonchev–Trinajstić information content (AvgIpc) is 2.42. The number of hydrogen-bond donors (Lipinski definition) is 2. The summed E-state index contributed by atoms with van der Waals surface area (Å²) < 4.78 is 4.95. The number of carboxylic acids is 1. The molecule has 0 aromatic carbocycles. The van der Waals surface area contributed by atoms with E-state index in [1.165, 1.54) is 18.7 Å². The SMILES string of the molecule is C=C(C)C(=O)OCC1=C(C(=O)O)N2C(=O)[C@@H](N)[C@H]2SC1. The summed E-state index contributed by atoms with van der Waals surface area (Å²) in [4.78, 5) is 35.5. The van der Waals surface area contributed by atoms with Crippen molar-refractivity contribution >= 4 is 29.6 Å². The van der Waals surface area contributed by atoms with Gasteiger partial charge in [0, 0.05) is 16.9 Å². The fourth-order valence-corrected chi connectivity index (χ4v) is 3.24. The Hall–Kier alpha value is -1.80. The first-order valence-electron chi connectivity index (χ1n) is 5.82. The normalized spacial score (nSPS) is 24.9. The predicted molar refractivity (Wildman–Crippen MR) is 71.5 cm³/mol. The summed E-state index contributed by atoms with van der Waals surface area (Å²) in [6, 6.07) is -0.672. The molecule has 8 heteroatoms. The molecule has 0 bridgehead atoms. The van der Waals surface area contributed by atoms with E-state index in [0.717, 1.165) is 4.90 Å². The molecule has 1 fully saturated rings. The van der Waals surface area contributed by atoms with E-state index in [9.17, 15) is 19.5 Å². The number of fused-ring (bicyclic) bond motifs is 1. The lowest BCUT2D eigenvalue weighted by atomic mass is 10.0. The van der Waals surface area contributed by atoms with Crippen molar-refractivity contribution in [3.8, 4) is 0 Å². The lowest BCUT2D eigenvalue weighted by Gasteiger charge is -2.47. The first-order chi connectivity index (χ1) is 9.34. The van der Waals surface area contributed by atoms with Gasteiger partial charge in [-0.2, -0.15) is 0 Å². The van der Waals surface area contributed by atoms with E-state index in [0.29, 0.717) is 11.3 Å². The maximum absolute atomic E-state index is 11.7. The smallest absolute Gasteiger partial charge is 0.352 e. The molecule has 2 atom stereocenters. The van der Waals surface area contributed by atoms with Gasteiger partial charge in [-0.05, 0) is 6.92 Å². The lowest BCUT2D eigenvalue weighted by Crippen LogP contribution is -2.68. The Morgan fingerprint density at radius 2 is 2.25 bits per heavy atom. The minimum absolute atomic E-state index is 0.130. The summed E-state index contributed by atoms with van der Waals surface area (Å²) in [6.45, 7) is 4.76. The third-order valence-corrected chi connectivity index (χ3v) is 4.38. The van der Waals surface area contributed by atoms with Gasteiger partial charge in [0.2, 0.25) is 5.91 Å². The third-order valence-electron chi connectivity index (χ3n) is 3.02. The lowest BCUT2D eigenvalue weighted by molar-refractivity contribution is -0.148. The van der Waals surface area contributed by atoms with E-state index in [1.807, 2.05) is 0 Å². The fraction of sp³-hybridized carbons (Fsp3) is 0.417. The van der Waals surface area contributed by atoms with Gasteiger partial charge in [0.25, 0.3) is 0 Å². The van der Waals surface area contributed by atoms with Gasteiger partial charge < -0.3 is 15.6 Å². The van der Waals surface area contributed by atoms with Crippen LogP contribution >= 0.6 is 11.8 Å². The molecule has 0 aliphatic carbocycles. The maximum atomic E-state index is 11.7. The molecule has 2 rings (SSSR count). The number of esters is 1. The summed E-state index contributed by atoms with van der Waals surface area (Å²) in [7, 11) is 0. The molecule has 20 heavy (non-hydrogen) atoms. The second kappa shape index (κ2) is 5.29. The highest BCUT2D eigenvalue weighted by atomic mass is 32.2. The molecule has 2 aliphatic heterocycles. The molecular formula is C12H14N2O5S. The Balaban J connectivity index is 2.20. The molecule has 0 unspecified atom stereocenters. The van der Waals surface area contributed by atoms with Gasteiger partial charge in [-0.1, -0.05) is 6.58 Å². The summed E-state index contributed by atoms with van der Waals surface area (Å²) in [6.07, 6.45) is 0. The van der Waals surface area contributed by atoms with Crippen molar-refractivity contribution in [2.24, 2.45) is 5.73 Å². The van der Waals surface area contributed by atoms with Crippen molar-refractivity contribution < 1.29 is 24.2 Å². The Morgan fingerprint density at radius 3 is 2.80 bits per heavy atom. The first kappa shape index (κ1) is 14.6. The Kier molecular flexibility index (Phi) is 3.87. The Bertz CT molecular complexity index is 542. The molecule has 3 N–H and O–H groups in total. The first-order valence-corrected chi connectivity index (χ1v) is 6.87. The number of aliphatic carboxylic acids is 1. The van der Waals surface area contributed by atoms with E-state index in [4.69, 9.17) is 10.5 Å². The number of carbonyl (C=O) groups is 3. The molecule has 2 aliphatic rings. The molecule has 0 aromatic heterocycles. The number of carbonyl (C=O) groups excluding carboxylic acids is 2. The summed E-state index contributed by atoms with van der Waals surface area (Å²) >= 11 is 1.36. The van der Waals surface area contributed by atoms with Crippen molar-refractivity contribution in [3.63, 3.8) is 0 Å². The van der Waals surface area contributed by atoms with Crippen LogP contribution in [-0.4, -0.2) is 51.6 Å². The van der Waals surface area contributed by atoms with E-state index in [-0.39, 0.29) is 23.3 Å². The van der Waals surface area contributed by atoms with Gasteiger partial charge in [0.05, 0.1) is 0 Å². The summed E-state index contributed by atoms with van der Waals surface area (Å²) in [5.74, 6) is -1.89. The van der Waals surface area contributed by atoms with Crippen LogP contribution in [0, 0.1) is 0 Å².